The van der Waals surface area contributed by atoms with Crippen LogP contribution in [0.2, 0.25) is 0 Å². The first-order valence-corrected chi connectivity index (χ1v) is 20.1. The van der Waals surface area contributed by atoms with Gasteiger partial charge in [0.1, 0.15) is 42.0 Å². The fourth-order valence-electron chi connectivity index (χ4n) is 5.91. The molecule has 2 fully saturated rings. The highest BCUT2D eigenvalue weighted by Gasteiger charge is 2.49. The standard InChI is InChI=1S/C25H34N10O10P2S2/c1-4-25(7-14(40-5-2)23(43-25)35-11-31-17-21(35)32-24(27)33-22(17)36)8-41-47(39,49)45-13-6-15(42-18(13)12(3)44-46(37,38)48)34-10-30-16-19(26)28-9-29-20(16)34/h4,9-15,18,23H,1,5-8H2,2-3H3,(H,39,49)(H2,26,28,29)(H2,37,38,48)(H3,27,32,33,36)/t12-,13+,14-,15-,18-,23-,25+,47?/m1/s1. The minimum Gasteiger partial charge on any atom is -0.382 e. The highest BCUT2D eigenvalue weighted by Crippen LogP contribution is 2.54. The van der Waals surface area contributed by atoms with Gasteiger partial charge in [-0.3, -0.25) is 23.4 Å². The number of nitrogens with two attached hydrogens (primary N) is 2. The van der Waals surface area contributed by atoms with Gasteiger partial charge in [0.05, 0.1) is 25.4 Å². The van der Waals surface area contributed by atoms with E-state index in [4.69, 9.17) is 51.1 Å². The van der Waals surface area contributed by atoms with Gasteiger partial charge in [-0.2, -0.15) is 4.98 Å². The van der Waals surface area contributed by atoms with Gasteiger partial charge in [-0.05, 0) is 25.7 Å². The Labute approximate surface area is 288 Å². The molecule has 4 aromatic heterocycles. The van der Waals surface area contributed by atoms with Gasteiger partial charge < -0.3 is 44.5 Å². The third-order valence-corrected chi connectivity index (χ3v) is 10.5. The predicted octanol–water partition coefficient (Wildman–Crippen LogP) is 1.71. The summed E-state index contributed by atoms with van der Waals surface area (Å²) in [5.41, 5.74) is 10.9. The fraction of sp³-hybridized carbons (Fsp3) is 0.520. The molecular weight excluding hydrogens is 726 g/mol. The lowest BCUT2D eigenvalue weighted by atomic mass is 10.00. The number of H-pyrrole nitrogens is 1. The number of fused-ring (bicyclic) bond motifs is 2. The molecule has 0 bridgehead atoms. The third-order valence-electron chi connectivity index (χ3n) is 8.02. The number of thiol groups is 1. The van der Waals surface area contributed by atoms with E-state index in [0.717, 1.165) is 0 Å². The molecule has 0 aromatic carbocycles. The monoisotopic (exact) mass is 760 g/mol. The van der Waals surface area contributed by atoms with Gasteiger partial charge in [-0.1, -0.05) is 18.3 Å². The van der Waals surface area contributed by atoms with Crippen LogP contribution < -0.4 is 17.0 Å². The van der Waals surface area contributed by atoms with Crippen LogP contribution >= 0.6 is 25.8 Å². The number of aromatic nitrogens is 8. The minimum absolute atomic E-state index is 0.0552. The molecule has 20 nitrogen and oxygen atoms in total. The second-order valence-electron chi connectivity index (χ2n) is 11.3. The molecule has 24 heteroatoms. The number of anilines is 2. The normalized spacial score (nSPS) is 28.9. The van der Waals surface area contributed by atoms with Crippen LogP contribution in [-0.2, 0) is 44.2 Å². The van der Waals surface area contributed by atoms with Crippen LogP contribution in [0.4, 0.5) is 11.8 Å². The van der Waals surface area contributed by atoms with Crippen LogP contribution in [0.5, 0.6) is 0 Å². The van der Waals surface area contributed by atoms with Gasteiger partial charge in [0.15, 0.2) is 28.9 Å². The quantitative estimate of drug-likeness (QED) is 0.0643. The van der Waals surface area contributed by atoms with Crippen LogP contribution in [0.3, 0.4) is 0 Å². The van der Waals surface area contributed by atoms with Crippen LogP contribution in [0.1, 0.15) is 39.1 Å². The van der Waals surface area contributed by atoms with Crippen molar-refractivity contribution < 1.29 is 42.1 Å². The first-order chi connectivity index (χ1) is 23.1. The minimum atomic E-state index is -4.26. The summed E-state index contributed by atoms with van der Waals surface area (Å²) in [5.74, 6) is 0.0559. The molecule has 6 rings (SSSR count). The van der Waals surface area contributed by atoms with Crippen molar-refractivity contribution in [2.45, 2.75) is 69.2 Å². The second kappa shape index (κ2) is 13.7. The number of nitrogen functional groups attached to an aromatic ring is 2. The molecule has 0 amide bonds. The molecule has 6 heterocycles. The zero-order valence-corrected chi connectivity index (χ0v) is 29.5. The Morgan fingerprint density at radius 1 is 1.22 bits per heavy atom. The first kappa shape index (κ1) is 36.0. The van der Waals surface area contributed by atoms with Crippen molar-refractivity contribution in [3.05, 3.63) is 42.0 Å². The van der Waals surface area contributed by atoms with Gasteiger partial charge in [0.25, 0.3) is 5.56 Å². The Morgan fingerprint density at radius 2 is 1.96 bits per heavy atom. The van der Waals surface area contributed by atoms with Gasteiger partial charge in [0, 0.05) is 19.4 Å². The second-order valence-corrected chi connectivity index (χ2v) is 16.8. The van der Waals surface area contributed by atoms with Crippen molar-refractivity contribution in [2.75, 3.05) is 24.7 Å². The summed E-state index contributed by atoms with van der Waals surface area (Å²) in [6.45, 7) is -1.13. The van der Waals surface area contributed by atoms with E-state index in [1.165, 1.54) is 36.5 Å². The van der Waals surface area contributed by atoms with Crippen LogP contribution in [0, 0.1) is 0 Å². The van der Waals surface area contributed by atoms with E-state index in [1.807, 2.05) is 6.92 Å². The number of hydrogen-bond donors (Lipinski definition) is 6. The summed E-state index contributed by atoms with van der Waals surface area (Å²) in [4.78, 5) is 56.7. The number of ether oxygens (including phenoxy) is 3. The highest BCUT2D eigenvalue weighted by molar-refractivity contribution is 8.44. The van der Waals surface area contributed by atoms with E-state index in [1.54, 1.807) is 4.57 Å². The summed E-state index contributed by atoms with van der Waals surface area (Å²) in [6, 6.07) is 0. The maximum absolute atomic E-state index is 12.4. The van der Waals surface area contributed by atoms with E-state index in [0.29, 0.717) is 17.8 Å². The molecule has 266 valence electrons. The summed E-state index contributed by atoms with van der Waals surface area (Å²) < 4.78 is 50.7. The lowest BCUT2D eigenvalue weighted by Crippen LogP contribution is -2.36. The summed E-state index contributed by atoms with van der Waals surface area (Å²) >= 11 is 9.05. The van der Waals surface area contributed by atoms with Crippen molar-refractivity contribution >= 4 is 71.7 Å². The summed E-state index contributed by atoms with van der Waals surface area (Å²) in [6.07, 6.45) is 0.561. The van der Waals surface area contributed by atoms with E-state index in [-0.39, 0.29) is 42.4 Å². The molecular formula is C25H34N10O10P2S2. The number of hydrogen-bond acceptors (Lipinski definition) is 16. The zero-order chi connectivity index (χ0) is 35.3. The molecule has 0 spiro atoms. The molecule has 0 radical (unpaired) electrons. The lowest BCUT2D eigenvalue weighted by molar-refractivity contribution is -0.0930. The Hall–Kier alpha value is -2.85. The molecule has 2 unspecified atom stereocenters. The predicted molar refractivity (Wildman–Crippen MR) is 181 cm³/mol. The maximum atomic E-state index is 12.4. The smallest absolute Gasteiger partial charge is 0.382 e. The molecule has 9 atom stereocenters. The lowest BCUT2D eigenvalue weighted by Gasteiger charge is -2.30. The van der Waals surface area contributed by atoms with E-state index in [9.17, 15) is 19.1 Å². The molecule has 0 aliphatic carbocycles. The van der Waals surface area contributed by atoms with Crippen molar-refractivity contribution in [1.82, 2.24) is 39.0 Å². The average Bonchev–Trinajstić information content (AvgIpc) is 3.80. The molecule has 0 saturated carbocycles. The highest BCUT2D eigenvalue weighted by atomic mass is 32.7. The van der Waals surface area contributed by atoms with E-state index in [2.05, 4.69) is 48.7 Å². The van der Waals surface area contributed by atoms with E-state index >= 15 is 0 Å². The number of rotatable bonds is 13. The van der Waals surface area contributed by atoms with Crippen molar-refractivity contribution in [2.24, 2.45) is 0 Å². The number of imidazole rings is 2. The molecule has 2 saturated heterocycles. The van der Waals surface area contributed by atoms with Gasteiger partial charge in [0.2, 0.25) is 5.95 Å². The zero-order valence-electron chi connectivity index (χ0n) is 26.0. The number of aromatic amines is 1. The SMILES string of the molecule is C=C[C@@]1(COP(O)(=S)O[C@H]2C[C@H](n3cnc4c(N)ncnc43)O[C@@H]2[C@@H](C)OP(=O)(O)S)C[C@@H](OCC)[C@H](n2cnc3c(=O)[nH]c(N)nc32)O1. The molecule has 7 N–H and O–H groups in total. The van der Waals surface area contributed by atoms with Crippen molar-refractivity contribution in [3.8, 4) is 0 Å². The van der Waals surface area contributed by atoms with Gasteiger partial charge in [-0.15, -0.1) is 6.58 Å². The molecule has 49 heavy (non-hydrogen) atoms. The Bertz CT molecular complexity index is 2020. The van der Waals surface area contributed by atoms with Crippen molar-refractivity contribution in [1.29, 1.82) is 0 Å². The summed E-state index contributed by atoms with van der Waals surface area (Å²) in [7, 11) is 0. The van der Waals surface area contributed by atoms with Gasteiger partial charge >= 0.3 is 13.5 Å². The Kier molecular flexibility index (Phi) is 10.1. The Balaban J connectivity index is 1.22. The maximum Gasteiger partial charge on any atom is 0.383 e. The van der Waals surface area contributed by atoms with Crippen molar-refractivity contribution in [3.63, 3.8) is 0 Å². The number of nitrogens with one attached hydrogen (secondary N) is 1. The largest absolute Gasteiger partial charge is 0.383 e. The Morgan fingerprint density at radius 3 is 2.67 bits per heavy atom. The van der Waals surface area contributed by atoms with Crippen LogP contribution in [0.25, 0.3) is 22.3 Å². The molecule has 2 aliphatic rings. The topological polar surface area (TPSA) is 272 Å². The van der Waals surface area contributed by atoms with Gasteiger partial charge in [-0.25, -0.2) is 24.5 Å². The first-order valence-electron chi connectivity index (χ1n) is 14.8. The average molecular weight is 761 g/mol. The molecule has 4 aromatic rings. The summed E-state index contributed by atoms with van der Waals surface area (Å²) in [5, 5.41) is 0. The number of nitrogens with zero attached hydrogens (tertiary/aromatic N) is 7. The third kappa shape index (κ3) is 7.46. The van der Waals surface area contributed by atoms with Crippen LogP contribution in [0.15, 0.2) is 36.4 Å². The molecule has 2 aliphatic heterocycles. The fourth-order valence-corrected chi connectivity index (χ4v) is 8.39. The van der Waals surface area contributed by atoms with E-state index < -0.39 is 61.5 Å². The van der Waals surface area contributed by atoms with Crippen LogP contribution in [-0.4, -0.2) is 92.1 Å².